The van der Waals surface area contributed by atoms with Crippen molar-refractivity contribution in [1.29, 1.82) is 0 Å². The maximum absolute atomic E-state index is 12.1. The number of carbonyl (C=O) groups excluding carboxylic acids is 1. The summed E-state index contributed by atoms with van der Waals surface area (Å²) in [5.41, 5.74) is 2.00. The van der Waals surface area contributed by atoms with Gasteiger partial charge in [0.2, 0.25) is 11.7 Å². The molecule has 0 bridgehead atoms. The van der Waals surface area contributed by atoms with Gasteiger partial charge in [0.1, 0.15) is 13.2 Å². The van der Waals surface area contributed by atoms with E-state index in [2.05, 4.69) is 30.8 Å². The summed E-state index contributed by atoms with van der Waals surface area (Å²) >= 11 is 0. The highest BCUT2D eigenvalue weighted by Gasteiger charge is 2.20. The van der Waals surface area contributed by atoms with Crippen LogP contribution in [0.15, 0.2) is 53.2 Å². The number of benzene rings is 1. The molecule has 0 radical (unpaired) electrons. The second-order valence-corrected chi connectivity index (χ2v) is 9.20. The average Bonchev–Trinajstić information content (AvgIpc) is 3.65. The van der Waals surface area contributed by atoms with Crippen LogP contribution in [0.1, 0.15) is 41.1 Å². The fourth-order valence-corrected chi connectivity index (χ4v) is 4.38. The van der Waals surface area contributed by atoms with Gasteiger partial charge >= 0.3 is 0 Å². The zero-order valence-electron chi connectivity index (χ0n) is 21.5. The summed E-state index contributed by atoms with van der Waals surface area (Å²) in [5, 5.41) is 30.6. The molecule has 206 valence electrons. The lowest BCUT2D eigenvalue weighted by atomic mass is 10.2. The highest BCUT2D eigenvalue weighted by molar-refractivity contribution is 5.97. The molecule has 40 heavy (non-hydrogen) atoms. The van der Waals surface area contributed by atoms with Crippen LogP contribution in [-0.2, 0) is 22.7 Å². The number of hydrogen-bond acceptors (Lipinski definition) is 11. The van der Waals surface area contributed by atoms with Gasteiger partial charge in [-0.3, -0.25) is 9.78 Å². The Morgan fingerprint density at radius 1 is 1.12 bits per heavy atom. The third-order valence-electron chi connectivity index (χ3n) is 6.41. The number of hydrogen-bond donors (Lipinski definition) is 2. The third-order valence-corrected chi connectivity index (χ3v) is 6.41. The fourth-order valence-electron chi connectivity index (χ4n) is 4.38. The number of aliphatic hydroxyl groups excluding tert-OH is 1. The molecule has 1 aromatic carbocycles. The van der Waals surface area contributed by atoms with Gasteiger partial charge in [0.15, 0.2) is 23.4 Å². The van der Waals surface area contributed by atoms with Crippen LogP contribution in [0.2, 0.25) is 0 Å². The predicted molar refractivity (Wildman–Crippen MR) is 140 cm³/mol. The first-order valence-electron chi connectivity index (χ1n) is 13.0. The first-order valence-corrected chi connectivity index (χ1v) is 13.0. The van der Waals surface area contributed by atoms with E-state index in [1.54, 1.807) is 22.7 Å². The Kier molecular flexibility index (Phi) is 7.57. The first kappa shape index (κ1) is 25.8. The molecule has 0 saturated carbocycles. The van der Waals surface area contributed by atoms with Gasteiger partial charge in [0.25, 0.3) is 5.91 Å². The number of aliphatic hydroxyl groups is 1. The van der Waals surface area contributed by atoms with Crippen LogP contribution < -0.4 is 10.1 Å². The smallest absolute Gasteiger partial charge is 0.252 e. The molecule has 4 aromatic heterocycles. The van der Waals surface area contributed by atoms with Crippen molar-refractivity contribution in [2.75, 3.05) is 19.8 Å². The molecule has 1 fully saturated rings. The molecule has 0 aliphatic carbocycles. The minimum Gasteiger partial charge on any atom is -0.470 e. The average molecular weight is 546 g/mol. The molecular formula is C27H27N7O6. The molecule has 1 aliphatic heterocycles. The van der Waals surface area contributed by atoms with Crippen LogP contribution in [0.5, 0.6) is 5.88 Å². The van der Waals surface area contributed by atoms with Crippen molar-refractivity contribution < 1.29 is 28.6 Å². The number of nitrogens with one attached hydrogen (secondary N) is 1. The Bertz CT molecular complexity index is 1610. The molecule has 13 heteroatoms. The molecule has 1 atom stereocenters. The maximum atomic E-state index is 12.1. The molecule has 1 saturated heterocycles. The molecule has 2 N–H and O–H groups in total. The first-order chi connectivity index (χ1) is 19.7. The van der Waals surface area contributed by atoms with Gasteiger partial charge in [-0.1, -0.05) is 23.4 Å². The number of ether oxygens (including phenoxy) is 3. The molecule has 5 heterocycles. The number of nitrogens with zero attached hydrogens (tertiary/aromatic N) is 6. The Balaban J connectivity index is 1.23. The highest BCUT2D eigenvalue weighted by Crippen LogP contribution is 2.29. The maximum Gasteiger partial charge on any atom is 0.252 e. The summed E-state index contributed by atoms with van der Waals surface area (Å²) in [6, 6.07) is 12.7. The van der Waals surface area contributed by atoms with Crippen LogP contribution in [0.4, 0.5) is 0 Å². The van der Waals surface area contributed by atoms with Gasteiger partial charge in [-0.05, 0) is 37.5 Å². The molecular weight excluding hydrogens is 518 g/mol. The van der Waals surface area contributed by atoms with Crippen molar-refractivity contribution in [3.05, 3.63) is 65.7 Å². The number of pyridine rings is 1. The highest BCUT2D eigenvalue weighted by atomic mass is 16.7. The number of rotatable bonds is 10. The molecule has 6 rings (SSSR count). The second-order valence-electron chi connectivity index (χ2n) is 9.20. The van der Waals surface area contributed by atoms with Crippen molar-refractivity contribution in [2.24, 2.45) is 0 Å². The number of fused-ring (bicyclic) bond motifs is 3. The SMILES string of the molecule is O=C(NCCO)c1ccc(COc2nn3c(-c4cc(COC5CCCCO5)on4)nnc3c3ccccc23)nc1. The summed E-state index contributed by atoms with van der Waals surface area (Å²) in [6.07, 6.45) is 4.21. The number of carbonyl (C=O) groups is 1. The van der Waals surface area contributed by atoms with Gasteiger partial charge < -0.3 is 29.2 Å². The van der Waals surface area contributed by atoms with Gasteiger partial charge in [-0.15, -0.1) is 15.3 Å². The number of aromatic nitrogens is 6. The van der Waals surface area contributed by atoms with Crippen molar-refractivity contribution in [1.82, 2.24) is 35.3 Å². The van der Waals surface area contributed by atoms with Crippen LogP contribution >= 0.6 is 0 Å². The van der Waals surface area contributed by atoms with E-state index in [-0.39, 0.29) is 38.6 Å². The van der Waals surface area contributed by atoms with E-state index in [0.29, 0.717) is 46.7 Å². The predicted octanol–water partition coefficient (Wildman–Crippen LogP) is 2.67. The summed E-state index contributed by atoms with van der Waals surface area (Å²) in [5.74, 6) is 0.984. The topological polar surface area (TPSA) is 159 Å². The zero-order chi connectivity index (χ0) is 27.3. The normalized spacial score (nSPS) is 15.5. The lowest BCUT2D eigenvalue weighted by Gasteiger charge is -2.21. The van der Waals surface area contributed by atoms with E-state index >= 15 is 0 Å². The lowest BCUT2D eigenvalue weighted by molar-refractivity contribution is -0.171. The Morgan fingerprint density at radius 2 is 2.02 bits per heavy atom. The fraction of sp³-hybridized carbons (Fsp3) is 0.333. The Hall–Kier alpha value is -4.46. The van der Waals surface area contributed by atoms with E-state index in [1.807, 2.05) is 24.3 Å². The quantitative estimate of drug-likeness (QED) is 0.266. The van der Waals surface area contributed by atoms with Crippen LogP contribution in [0.3, 0.4) is 0 Å². The van der Waals surface area contributed by atoms with Gasteiger partial charge in [0.05, 0.1) is 17.9 Å². The van der Waals surface area contributed by atoms with E-state index in [1.165, 1.54) is 6.20 Å². The van der Waals surface area contributed by atoms with E-state index in [0.717, 1.165) is 30.0 Å². The van der Waals surface area contributed by atoms with E-state index < -0.39 is 0 Å². The third kappa shape index (κ3) is 5.47. The van der Waals surface area contributed by atoms with Gasteiger partial charge in [-0.25, -0.2) is 0 Å². The van der Waals surface area contributed by atoms with E-state index in [9.17, 15) is 4.79 Å². The summed E-state index contributed by atoms with van der Waals surface area (Å²) in [4.78, 5) is 16.4. The van der Waals surface area contributed by atoms with Crippen LogP contribution in [0, 0.1) is 0 Å². The molecule has 1 unspecified atom stereocenters. The molecule has 0 spiro atoms. The largest absolute Gasteiger partial charge is 0.470 e. The minimum atomic E-state index is -0.308. The van der Waals surface area contributed by atoms with E-state index in [4.69, 9.17) is 23.8 Å². The monoisotopic (exact) mass is 545 g/mol. The zero-order valence-corrected chi connectivity index (χ0v) is 21.5. The number of amides is 1. The Labute approximate surface area is 228 Å². The summed E-state index contributed by atoms with van der Waals surface area (Å²) in [7, 11) is 0. The Morgan fingerprint density at radius 3 is 2.83 bits per heavy atom. The molecule has 1 aliphatic rings. The van der Waals surface area contributed by atoms with Crippen molar-refractivity contribution in [3.63, 3.8) is 0 Å². The van der Waals surface area contributed by atoms with Gasteiger partial charge in [-0.2, -0.15) is 4.52 Å². The standard InChI is InChI=1S/C27H27N7O6/c35-11-10-28-26(36)17-8-9-18(29-14-17)15-39-27-21-6-2-1-5-20(21)24-30-31-25(34(24)32-27)22-13-19(40-33-22)16-38-23-7-3-4-12-37-23/h1-2,5-6,8-9,13-14,23,35H,3-4,7,10-12,15-16H2,(H,28,36). The molecule has 1 amide bonds. The minimum absolute atomic E-state index is 0.118. The lowest BCUT2D eigenvalue weighted by Crippen LogP contribution is -2.26. The van der Waals surface area contributed by atoms with Crippen molar-refractivity contribution in [3.8, 4) is 17.4 Å². The molecule has 5 aromatic rings. The second kappa shape index (κ2) is 11.7. The van der Waals surface area contributed by atoms with Crippen LogP contribution in [0.25, 0.3) is 27.9 Å². The summed E-state index contributed by atoms with van der Waals surface area (Å²) < 4.78 is 24.6. The van der Waals surface area contributed by atoms with Crippen molar-refractivity contribution in [2.45, 2.75) is 38.8 Å². The molecule has 13 nitrogen and oxygen atoms in total. The summed E-state index contributed by atoms with van der Waals surface area (Å²) in [6.45, 7) is 1.09. The van der Waals surface area contributed by atoms with Crippen LogP contribution in [-0.4, -0.2) is 67.0 Å². The van der Waals surface area contributed by atoms with Gasteiger partial charge in [0, 0.05) is 36.2 Å². The van der Waals surface area contributed by atoms with Crippen molar-refractivity contribution >= 4 is 22.3 Å².